The zero-order valence-corrected chi connectivity index (χ0v) is 9.80. The minimum absolute atomic E-state index is 0.171. The van der Waals surface area contributed by atoms with Gasteiger partial charge in [-0.05, 0) is 25.2 Å². The van der Waals surface area contributed by atoms with Gasteiger partial charge in [-0.3, -0.25) is 0 Å². The lowest BCUT2D eigenvalue weighted by Crippen LogP contribution is -2.40. The molecule has 1 aliphatic carbocycles. The SMILES string of the molecule is COCC(CNC(C)C1(C)CC1)OC. The number of methoxy groups -OCH3 is 2. The van der Waals surface area contributed by atoms with Crippen LogP contribution < -0.4 is 5.32 Å². The minimum atomic E-state index is 0.171. The zero-order chi connectivity index (χ0) is 10.6. The Hall–Kier alpha value is -0.120. The smallest absolute Gasteiger partial charge is 0.0928 e. The van der Waals surface area contributed by atoms with Gasteiger partial charge in [-0.2, -0.15) is 0 Å². The average Bonchev–Trinajstić information content (AvgIpc) is 2.91. The van der Waals surface area contributed by atoms with Crippen LogP contribution in [0.4, 0.5) is 0 Å². The highest BCUT2D eigenvalue weighted by molar-refractivity contribution is 4.96. The molecule has 1 aliphatic rings. The van der Waals surface area contributed by atoms with Crippen molar-refractivity contribution in [2.45, 2.75) is 38.8 Å². The minimum Gasteiger partial charge on any atom is -0.382 e. The van der Waals surface area contributed by atoms with Crippen LogP contribution in [-0.2, 0) is 9.47 Å². The topological polar surface area (TPSA) is 30.5 Å². The number of hydrogen-bond acceptors (Lipinski definition) is 3. The van der Waals surface area contributed by atoms with E-state index in [0.717, 1.165) is 6.54 Å². The fourth-order valence-electron chi connectivity index (χ4n) is 1.58. The molecule has 2 atom stereocenters. The van der Waals surface area contributed by atoms with E-state index in [2.05, 4.69) is 19.2 Å². The molecule has 0 aliphatic heterocycles. The molecule has 1 rings (SSSR count). The van der Waals surface area contributed by atoms with Gasteiger partial charge in [0.2, 0.25) is 0 Å². The quantitative estimate of drug-likeness (QED) is 0.676. The molecule has 0 amide bonds. The first-order valence-corrected chi connectivity index (χ1v) is 5.37. The largest absolute Gasteiger partial charge is 0.382 e. The normalized spacial score (nSPS) is 23.1. The summed E-state index contributed by atoms with van der Waals surface area (Å²) in [6.07, 6.45) is 2.87. The van der Waals surface area contributed by atoms with Crippen LogP contribution in [0.1, 0.15) is 26.7 Å². The summed E-state index contributed by atoms with van der Waals surface area (Å²) < 4.78 is 10.4. The van der Waals surface area contributed by atoms with Crippen LogP contribution in [0.15, 0.2) is 0 Å². The monoisotopic (exact) mass is 201 g/mol. The van der Waals surface area contributed by atoms with Crippen molar-refractivity contribution in [3.63, 3.8) is 0 Å². The van der Waals surface area contributed by atoms with Crippen LogP contribution in [0.5, 0.6) is 0 Å². The van der Waals surface area contributed by atoms with Gasteiger partial charge in [-0.1, -0.05) is 6.92 Å². The van der Waals surface area contributed by atoms with Crippen molar-refractivity contribution in [2.24, 2.45) is 5.41 Å². The summed E-state index contributed by atoms with van der Waals surface area (Å²) in [7, 11) is 3.44. The van der Waals surface area contributed by atoms with Gasteiger partial charge in [0.25, 0.3) is 0 Å². The van der Waals surface area contributed by atoms with Gasteiger partial charge in [0.15, 0.2) is 0 Å². The first-order chi connectivity index (χ1) is 6.62. The Bertz CT molecular complexity index is 169. The van der Waals surface area contributed by atoms with Crippen LogP contribution in [0, 0.1) is 5.41 Å². The van der Waals surface area contributed by atoms with Gasteiger partial charge in [0, 0.05) is 26.8 Å². The Morgan fingerprint density at radius 1 is 1.36 bits per heavy atom. The molecule has 0 saturated heterocycles. The Morgan fingerprint density at radius 3 is 2.43 bits per heavy atom. The van der Waals surface area contributed by atoms with Crippen LogP contribution in [0.3, 0.4) is 0 Å². The van der Waals surface area contributed by atoms with Crippen LogP contribution in [0.25, 0.3) is 0 Å². The Morgan fingerprint density at radius 2 is 2.00 bits per heavy atom. The van der Waals surface area contributed by atoms with Crippen LogP contribution in [-0.4, -0.2) is 39.5 Å². The molecule has 84 valence electrons. The maximum absolute atomic E-state index is 5.29. The third-order valence-corrected chi connectivity index (χ3v) is 3.42. The van der Waals surface area contributed by atoms with E-state index in [1.165, 1.54) is 12.8 Å². The molecule has 14 heavy (non-hydrogen) atoms. The molecule has 0 spiro atoms. The van der Waals surface area contributed by atoms with E-state index in [9.17, 15) is 0 Å². The second kappa shape index (κ2) is 5.10. The third kappa shape index (κ3) is 3.23. The summed E-state index contributed by atoms with van der Waals surface area (Å²) in [4.78, 5) is 0. The van der Waals surface area contributed by atoms with Crippen molar-refractivity contribution in [3.05, 3.63) is 0 Å². The summed E-state index contributed by atoms with van der Waals surface area (Å²) in [5.74, 6) is 0. The number of hydrogen-bond donors (Lipinski definition) is 1. The van der Waals surface area contributed by atoms with Crippen molar-refractivity contribution in [2.75, 3.05) is 27.4 Å². The first kappa shape index (κ1) is 12.0. The molecule has 1 saturated carbocycles. The molecule has 2 unspecified atom stereocenters. The third-order valence-electron chi connectivity index (χ3n) is 3.42. The second-order valence-electron chi connectivity index (χ2n) is 4.60. The van der Waals surface area contributed by atoms with Gasteiger partial charge in [0.1, 0.15) is 0 Å². The molecular weight excluding hydrogens is 178 g/mol. The van der Waals surface area contributed by atoms with E-state index >= 15 is 0 Å². The lowest BCUT2D eigenvalue weighted by molar-refractivity contribution is 0.0264. The van der Waals surface area contributed by atoms with Crippen molar-refractivity contribution in [1.29, 1.82) is 0 Å². The highest BCUT2D eigenvalue weighted by Crippen LogP contribution is 2.47. The van der Waals surface area contributed by atoms with Gasteiger partial charge in [0.05, 0.1) is 12.7 Å². The number of rotatable bonds is 7. The molecule has 0 bridgehead atoms. The maximum atomic E-state index is 5.29. The molecule has 3 nitrogen and oxygen atoms in total. The molecule has 0 aromatic rings. The van der Waals surface area contributed by atoms with Gasteiger partial charge >= 0.3 is 0 Å². The van der Waals surface area contributed by atoms with Gasteiger partial charge < -0.3 is 14.8 Å². The first-order valence-electron chi connectivity index (χ1n) is 5.37. The van der Waals surface area contributed by atoms with E-state index in [-0.39, 0.29) is 6.10 Å². The molecule has 1 N–H and O–H groups in total. The fourth-order valence-corrected chi connectivity index (χ4v) is 1.58. The predicted molar refractivity (Wildman–Crippen MR) is 57.5 cm³/mol. The van der Waals surface area contributed by atoms with E-state index < -0.39 is 0 Å². The molecular formula is C11H23NO2. The van der Waals surface area contributed by atoms with Crippen LogP contribution in [0.2, 0.25) is 0 Å². The number of ether oxygens (including phenoxy) is 2. The van der Waals surface area contributed by atoms with E-state index in [1.54, 1.807) is 14.2 Å². The van der Waals surface area contributed by atoms with Crippen molar-refractivity contribution in [3.8, 4) is 0 Å². The Kier molecular flexibility index (Phi) is 4.35. The molecule has 0 heterocycles. The second-order valence-corrected chi connectivity index (χ2v) is 4.60. The van der Waals surface area contributed by atoms with E-state index in [4.69, 9.17) is 9.47 Å². The molecule has 0 aromatic heterocycles. The standard InChI is InChI=1S/C11H23NO2/c1-9(11(2)5-6-11)12-7-10(14-4)8-13-3/h9-10,12H,5-8H2,1-4H3. The molecule has 1 fully saturated rings. The molecule has 0 radical (unpaired) electrons. The molecule has 0 aromatic carbocycles. The summed E-state index contributed by atoms with van der Waals surface area (Å²) in [6, 6.07) is 0.581. The van der Waals surface area contributed by atoms with E-state index in [0.29, 0.717) is 18.1 Å². The summed E-state index contributed by atoms with van der Waals surface area (Å²) in [5.41, 5.74) is 0.533. The van der Waals surface area contributed by atoms with Gasteiger partial charge in [-0.25, -0.2) is 0 Å². The zero-order valence-electron chi connectivity index (χ0n) is 9.80. The van der Waals surface area contributed by atoms with Crippen molar-refractivity contribution >= 4 is 0 Å². The van der Waals surface area contributed by atoms with E-state index in [1.807, 2.05) is 0 Å². The van der Waals surface area contributed by atoms with Crippen molar-refractivity contribution < 1.29 is 9.47 Å². The summed E-state index contributed by atoms with van der Waals surface area (Å²) in [6.45, 7) is 6.13. The lowest BCUT2D eigenvalue weighted by atomic mass is 10.0. The summed E-state index contributed by atoms with van der Waals surface area (Å²) >= 11 is 0. The average molecular weight is 201 g/mol. The predicted octanol–water partition coefficient (Wildman–Crippen LogP) is 1.43. The Balaban J connectivity index is 2.17. The summed E-state index contributed by atoms with van der Waals surface area (Å²) in [5, 5.41) is 3.52. The van der Waals surface area contributed by atoms with Gasteiger partial charge in [-0.15, -0.1) is 0 Å². The highest BCUT2D eigenvalue weighted by atomic mass is 16.5. The maximum Gasteiger partial charge on any atom is 0.0928 e. The van der Waals surface area contributed by atoms with Crippen LogP contribution >= 0.6 is 0 Å². The number of nitrogens with one attached hydrogen (secondary N) is 1. The Labute approximate surface area is 87.2 Å². The highest BCUT2D eigenvalue weighted by Gasteiger charge is 2.42. The lowest BCUT2D eigenvalue weighted by Gasteiger charge is -2.23. The molecule has 3 heteroatoms. The van der Waals surface area contributed by atoms with Crippen molar-refractivity contribution in [1.82, 2.24) is 5.32 Å². The fraction of sp³-hybridized carbons (Fsp3) is 1.00.